The number of rotatable bonds is 23. The summed E-state index contributed by atoms with van der Waals surface area (Å²) in [5.74, 6) is 3.79. The normalized spacial score (nSPS) is 14.6. The van der Waals surface area contributed by atoms with Crippen LogP contribution in [0.25, 0.3) is 89.7 Å². The molecule has 4 aromatic carbocycles. The van der Waals surface area contributed by atoms with Gasteiger partial charge >= 0.3 is 5.97 Å². The summed E-state index contributed by atoms with van der Waals surface area (Å²) in [6.07, 6.45) is 1.15. The first kappa shape index (κ1) is 55.8. The molecule has 408 valence electrons. The van der Waals surface area contributed by atoms with Crippen molar-refractivity contribution in [1.29, 1.82) is 0 Å². The van der Waals surface area contributed by atoms with Crippen molar-refractivity contribution in [3.63, 3.8) is 0 Å². The molecule has 3 aliphatic heterocycles. The zero-order chi connectivity index (χ0) is 54.5. The Morgan fingerprint density at radius 2 is 0.974 bits per heavy atom. The molecular formula is C59H70N12O3S4. The van der Waals surface area contributed by atoms with Crippen molar-refractivity contribution < 1.29 is 14.7 Å². The number of hydrogen-bond acceptors (Lipinski definition) is 15. The molecule has 0 radical (unpaired) electrons. The fraction of sp³-hybridized carbons (Fsp3) is 0.424. The fourth-order valence-electron chi connectivity index (χ4n) is 10.7. The third-order valence-electron chi connectivity index (χ3n) is 15.2. The molecule has 15 nitrogen and oxygen atoms in total. The van der Waals surface area contributed by atoms with E-state index in [0.29, 0.717) is 71.0 Å². The van der Waals surface area contributed by atoms with E-state index in [0.717, 1.165) is 140 Å². The number of H-pyrrole nitrogens is 2. The van der Waals surface area contributed by atoms with E-state index in [4.69, 9.17) is 29.9 Å². The average Bonchev–Trinajstić information content (AvgIpc) is 4.34. The van der Waals surface area contributed by atoms with Gasteiger partial charge in [-0.3, -0.25) is 4.79 Å². The number of benzene rings is 4. The number of carboxylic acid groups (broad SMARTS) is 1. The molecule has 6 heterocycles. The number of nitrogens with one attached hydrogen (secondary N) is 2. The molecule has 0 saturated carbocycles. The lowest BCUT2D eigenvalue weighted by molar-refractivity contribution is -0.149. The number of hydrogen-bond donors (Lipinski definition) is 3. The summed E-state index contributed by atoms with van der Waals surface area (Å²) in [7, 11) is 0. The lowest BCUT2D eigenvalue weighted by Gasteiger charge is -2.24. The minimum Gasteiger partial charge on any atom is -0.480 e. The Bertz CT molecular complexity index is 3480. The smallest absolute Gasteiger partial charge is 0.326 e. The average molecular weight is 1120 g/mol. The highest BCUT2D eigenvalue weighted by molar-refractivity contribution is 8.00. The topological polar surface area (TPSA) is 176 Å². The molecule has 1 amide bonds. The van der Waals surface area contributed by atoms with Gasteiger partial charge in [0.15, 0.2) is 23.3 Å². The number of aliphatic carboxylic acids is 1. The van der Waals surface area contributed by atoms with Crippen molar-refractivity contribution >= 4 is 103 Å². The molecule has 1 saturated heterocycles. The summed E-state index contributed by atoms with van der Waals surface area (Å²) < 4.78 is 0. The van der Waals surface area contributed by atoms with E-state index in [1.807, 2.05) is 48.3 Å². The highest BCUT2D eigenvalue weighted by Gasteiger charge is 2.36. The second-order valence-electron chi connectivity index (χ2n) is 19.7. The highest BCUT2D eigenvalue weighted by atomic mass is 32.2. The fourth-order valence-corrected chi connectivity index (χ4v) is 15.0. The van der Waals surface area contributed by atoms with Gasteiger partial charge in [-0.1, -0.05) is 97.0 Å². The standard InChI is InChI=1S/C59H70N12O3S4/c1-8-68(9-2)29-32-75-42-24-14-19-37-46(42)54-60-50(37)62-55-48-39(21-16-26-44(48)77-34-31-70(12-5)13-6)52(64-55)66-57-49-40(22-17-27-45(49)78-35-36(7)58(72)71-28-18-23-41(71)59(73)74)53(67-57)65-56-47-38(51(61-54)63-56)20-15-25-43(47)76-33-30-69(10-3)11-4/h14-17,19-22,24-27,36,41H,8-13,18,23,28-35H2,1-7H3,(H,73,74)(H2,60,61,62,63,64,65,66,67). The number of carbonyl (C=O) groups is 2. The Morgan fingerprint density at radius 1 is 0.564 bits per heavy atom. The van der Waals surface area contributed by atoms with Crippen LogP contribution in [-0.2, 0) is 9.59 Å². The minimum absolute atomic E-state index is 0.144. The number of nitrogens with zero attached hydrogens (tertiary/aromatic N) is 10. The Kier molecular flexibility index (Phi) is 18.1. The van der Waals surface area contributed by atoms with Crippen LogP contribution in [0.4, 0.5) is 0 Å². The monoisotopic (exact) mass is 1120 g/mol. The molecule has 2 unspecified atom stereocenters. The van der Waals surface area contributed by atoms with Crippen LogP contribution < -0.4 is 0 Å². The van der Waals surface area contributed by atoms with Crippen LogP contribution in [0.5, 0.6) is 0 Å². The van der Waals surface area contributed by atoms with Gasteiger partial charge < -0.3 is 34.7 Å². The van der Waals surface area contributed by atoms with Gasteiger partial charge in [-0.25, -0.2) is 34.7 Å². The van der Waals surface area contributed by atoms with Crippen LogP contribution in [0, 0.1) is 5.92 Å². The molecule has 2 atom stereocenters. The first-order valence-electron chi connectivity index (χ1n) is 27.6. The predicted molar refractivity (Wildman–Crippen MR) is 324 cm³/mol. The predicted octanol–water partition coefficient (Wildman–Crippen LogP) is 12.0. The van der Waals surface area contributed by atoms with Crippen LogP contribution in [0.2, 0.25) is 0 Å². The molecule has 8 bridgehead atoms. The summed E-state index contributed by atoms with van der Waals surface area (Å²) in [6, 6.07) is 24.5. The number of carboxylic acids is 1. The minimum atomic E-state index is -0.953. The molecule has 0 aliphatic carbocycles. The first-order chi connectivity index (χ1) is 38.0. The molecule has 1 fully saturated rings. The van der Waals surface area contributed by atoms with Crippen LogP contribution in [0.1, 0.15) is 61.3 Å². The Labute approximate surface area is 474 Å². The quantitative estimate of drug-likeness (QED) is 0.0515. The summed E-state index contributed by atoms with van der Waals surface area (Å²) >= 11 is 7.02. The second-order valence-corrected chi connectivity index (χ2v) is 24.2. The van der Waals surface area contributed by atoms with Gasteiger partial charge in [0.05, 0.1) is 0 Å². The molecule has 19 heteroatoms. The third kappa shape index (κ3) is 11.6. The van der Waals surface area contributed by atoms with E-state index in [2.05, 4.69) is 133 Å². The van der Waals surface area contributed by atoms with E-state index in [-0.39, 0.29) is 5.91 Å². The Balaban J connectivity index is 1.21. The molecule has 0 spiro atoms. The molecule has 7 aromatic rings. The number of amides is 1. The third-order valence-corrected chi connectivity index (χ3v) is 19.6. The molecule has 78 heavy (non-hydrogen) atoms. The van der Waals surface area contributed by atoms with E-state index >= 15 is 0 Å². The zero-order valence-electron chi connectivity index (χ0n) is 45.8. The van der Waals surface area contributed by atoms with Crippen molar-refractivity contribution in [1.82, 2.24) is 59.5 Å². The summed E-state index contributed by atoms with van der Waals surface area (Å²) in [5.41, 5.74) is 6.13. The molecule has 3 aliphatic rings. The number of aromatic amines is 2. The summed E-state index contributed by atoms with van der Waals surface area (Å²) in [4.78, 5) is 79.2. The second kappa shape index (κ2) is 25.3. The maximum atomic E-state index is 13.9. The highest BCUT2D eigenvalue weighted by Crippen LogP contribution is 2.45. The lowest BCUT2D eigenvalue weighted by atomic mass is 10.1. The number of thioether (sulfide) groups is 4. The first-order valence-corrected chi connectivity index (χ1v) is 31.6. The van der Waals surface area contributed by atoms with Gasteiger partial charge in [0.25, 0.3) is 0 Å². The van der Waals surface area contributed by atoms with E-state index < -0.39 is 17.9 Å². The summed E-state index contributed by atoms with van der Waals surface area (Å²) in [6.45, 7) is 24.4. The van der Waals surface area contributed by atoms with Gasteiger partial charge in [0, 0.05) is 118 Å². The molecule has 10 rings (SSSR count). The molecule has 3 aromatic heterocycles. The van der Waals surface area contributed by atoms with Crippen molar-refractivity contribution in [2.75, 3.05) is 88.5 Å². The van der Waals surface area contributed by atoms with E-state index in [1.54, 1.807) is 16.7 Å². The van der Waals surface area contributed by atoms with Gasteiger partial charge in [-0.15, -0.1) is 47.0 Å². The summed E-state index contributed by atoms with van der Waals surface area (Å²) in [5, 5.41) is 13.5. The van der Waals surface area contributed by atoms with Gasteiger partial charge in [0.1, 0.15) is 28.6 Å². The maximum Gasteiger partial charge on any atom is 0.326 e. The Hall–Kier alpha value is -5.54. The van der Waals surface area contributed by atoms with Crippen molar-refractivity contribution in [3.8, 4) is 45.6 Å². The van der Waals surface area contributed by atoms with Crippen LogP contribution in [-0.4, -0.2) is 171 Å². The van der Waals surface area contributed by atoms with Crippen LogP contribution in [0.3, 0.4) is 0 Å². The van der Waals surface area contributed by atoms with Crippen molar-refractivity contribution in [2.24, 2.45) is 5.92 Å². The SMILES string of the molecule is CCN(CC)CCSc1cccc2c1-c1nc-2nc2[nH]c(nc3nc(nc4[nH]c(n1)c1cccc(SCCN(CC)CC)c41)-c1cccc(SCCN(CC)CC)c1-3)c1cccc(SCC(C)C(=O)N3CCCC3C(=O)O)c21. The lowest BCUT2D eigenvalue weighted by Crippen LogP contribution is -2.43. The molecular weight excluding hydrogens is 1050 g/mol. The number of carbonyl (C=O) groups excluding carboxylic acids is 1. The van der Waals surface area contributed by atoms with Gasteiger partial charge in [-0.2, -0.15) is 0 Å². The number of likely N-dealkylation sites (tertiary alicyclic amines) is 1. The van der Waals surface area contributed by atoms with E-state index in [1.165, 1.54) is 0 Å². The maximum absolute atomic E-state index is 13.9. The molecule has 3 N–H and O–H groups in total. The number of aromatic nitrogens is 8. The van der Waals surface area contributed by atoms with Gasteiger partial charge in [-0.05, 0) is 76.4 Å². The number of fused-ring (bicyclic) bond motifs is 20. The van der Waals surface area contributed by atoms with E-state index in [9.17, 15) is 14.7 Å². The van der Waals surface area contributed by atoms with Crippen molar-refractivity contribution in [2.45, 2.75) is 86.9 Å². The van der Waals surface area contributed by atoms with Crippen molar-refractivity contribution in [3.05, 3.63) is 72.8 Å². The van der Waals surface area contributed by atoms with Gasteiger partial charge in [0.2, 0.25) is 5.91 Å². The van der Waals surface area contributed by atoms with Crippen LogP contribution in [0.15, 0.2) is 92.4 Å². The Morgan fingerprint density at radius 3 is 1.42 bits per heavy atom. The largest absolute Gasteiger partial charge is 0.480 e. The zero-order valence-corrected chi connectivity index (χ0v) is 49.0. The van der Waals surface area contributed by atoms with Crippen LogP contribution >= 0.6 is 47.0 Å².